The fraction of sp³-hybridized carbons (Fsp3) is 0.300. The predicted molar refractivity (Wildman–Crippen MR) is 108 cm³/mol. The Hall–Kier alpha value is -2.71. The third kappa shape index (κ3) is 5.90. The van der Waals surface area contributed by atoms with Crippen molar-refractivity contribution in [1.82, 2.24) is 9.62 Å². The van der Waals surface area contributed by atoms with Gasteiger partial charge in [0.2, 0.25) is 21.8 Å². The van der Waals surface area contributed by atoms with E-state index in [0.29, 0.717) is 5.69 Å². The number of aryl methyl sites for hydroxylation is 1. The van der Waals surface area contributed by atoms with Crippen molar-refractivity contribution in [1.29, 1.82) is 0 Å². The Morgan fingerprint density at radius 1 is 1.00 bits per heavy atom. The zero-order chi connectivity index (χ0) is 20.7. The highest BCUT2D eigenvalue weighted by Gasteiger charge is 2.18. The monoisotopic (exact) mass is 403 g/mol. The molecule has 0 spiro atoms. The van der Waals surface area contributed by atoms with Crippen LogP contribution >= 0.6 is 0 Å². The van der Waals surface area contributed by atoms with E-state index in [0.717, 1.165) is 15.4 Å². The van der Waals surface area contributed by atoms with Crippen molar-refractivity contribution in [2.75, 3.05) is 26.0 Å². The van der Waals surface area contributed by atoms with Crippen molar-refractivity contribution < 1.29 is 18.0 Å². The standard InChI is InChI=1S/C20H25N3O4S/c1-15-9-10-17(28(26,27)23(2)3)14-18(15)22-19(24)11-12-21-20(25)13-16-7-5-4-6-8-16/h4-10,14H,11-13H2,1-3H3,(H,21,25)(H,22,24). The van der Waals surface area contributed by atoms with E-state index in [1.807, 2.05) is 30.3 Å². The van der Waals surface area contributed by atoms with Crippen LogP contribution < -0.4 is 10.6 Å². The van der Waals surface area contributed by atoms with Crippen LogP contribution in [-0.4, -0.2) is 45.2 Å². The van der Waals surface area contributed by atoms with E-state index in [4.69, 9.17) is 0 Å². The molecule has 0 aliphatic heterocycles. The average Bonchev–Trinajstić information content (AvgIpc) is 2.64. The molecular weight excluding hydrogens is 378 g/mol. The number of nitrogens with one attached hydrogen (secondary N) is 2. The van der Waals surface area contributed by atoms with Gasteiger partial charge < -0.3 is 10.6 Å². The molecule has 7 nitrogen and oxygen atoms in total. The van der Waals surface area contributed by atoms with Gasteiger partial charge in [-0.1, -0.05) is 36.4 Å². The fourth-order valence-electron chi connectivity index (χ4n) is 2.48. The Bertz CT molecular complexity index is 941. The molecule has 0 aliphatic rings. The summed E-state index contributed by atoms with van der Waals surface area (Å²) in [6, 6.07) is 13.9. The van der Waals surface area contributed by atoms with Crippen molar-refractivity contribution in [2.24, 2.45) is 0 Å². The first kappa shape index (κ1) is 21.6. The van der Waals surface area contributed by atoms with Crippen molar-refractivity contribution in [3.8, 4) is 0 Å². The quantitative estimate of drug-likeness (QED) is 0.704. The van der Waals surface area contributed by atoms with Crippen molar-refractivity contribution >= 4 is 27.5 Å². The first-order valence-electron chi connectivity index (χ1n) is 8.84. The minimum Gasteiger partial charge on any atom is -0.355 e. The van der Waals surface area contributed by atoms with E-state index in [9.17, 15) is 18.0 Å². The van der Waals surface area contributed by atoms with Crippen molar-refractivity contribution in [3.05, 3.63) is 59.7 Å². The van der Waals surface area contributed by atoms with Gasteiger partial charge in [0.25, 0.3) is 0 Å². The Labute approximate surface area is 165 Å². The molecule has 28 heavy (non-hydrogen) atoms. The molecule has 0 saturated carbocycles. The van der Waals surface area contributed by atoms with E-state index >= 15 is 0 Å². The van der Waals surface area contributed by atoms with Crippen LogP contribution in [0, 0.1) is 6.92 Å². The number of benzene rings is 2. The molecule has 2 N–H and O–H groups in total. The van der Waals surface area contributed by atoms with E-state index in [1.165, 1.54) is 26.2 Å². The van der Waals surface area contributed by atoms with Crippen LogP contribution in [-0.2, 0) is 26.0 Å². The molecule has 2 amide bonds. The lowest BCUT2D eigenvalue weighted by Crippen LogP contribution is -2.29. The zero-order valence-electron chi connectivity index (χ0n) is 16.2. The van der Waals surface area contributed by atoms with Crippen LogP contribution in [0.15, 0.2) is 53.4 Å². The van der Waals surface area contributed by atoms with Gasteiger partial charge >= 0.3 is 0 Å². The number of anilines is 1. The van der Waals surface area contributed by atoms with Gasteiger partial charge in [-0.15, -0.1) is 0 Å². The molecule has 0 bridgehead atoms. The first-order valence-corrected chi connectivity index (χ1v) is 10.3. The van der Waals surface area contributed by atoms with Gasteiger partial charge in [0.15, 0.2) is 0 Å². The maximum absolute atomic E-state index is 12.2. The maximum Gasteiger partial charge on any atom is 0.242 e. The second-order valence-corrected chi connectivity index (χ2v) is 8.73. The molecule has 2 rings (SSSR count). The molecule has 0 fully saturated rings. The van der Waals surface area contributed by atoms with Gasteiger partial charge in [-0.05, 0) is 30.2 Å². The third-order valence-electron chi connectivity index (χ3n) is 4.14. The molecule has 0 radical (unpaired) electrons. The second-order valence-electron chi connectivity index (χ2n) is 6.57. The number of hydrogen-bond acceptors (Lipinski definition) is 4. The smallest absolute Gasteiger partial charge is 0.242 e. The topological polar surface area (TPSA) is 95.6 Å². The number of amides is 2. The molecule has 0 unspecified atom stereocenters. The SMILES string of the molecule is Cc1ccc(S(=O)(=O)N(C)C)cc1NC(=O)CCNC(=O)Cc1ccccc1. The summed E-state index contributed by atoms with van der Waals surface area (Å²) in [4.78, 5) is 24.2. The van der Waals surface area contributed by atoms with Gasteiger partial charge in [0.1, 0.15) is 0 Å². The summed E-state index contributed by atoms with van der Waals surface area (Å²) in [7, 11) is -0.685. The number of nitrogens with zero attached hydrogens (tertiary/aromatic N) is 1. The zero-order valence-corrected chi connectivity index (χ0v) is 17.0. The predicted octanol–water partition coefficient (Wildman–Crippen LogP) is 1.93. The maximum atomic E-state index is 12.2. The summed E-state index contributed by atoms with van der Waals surface area (Å²) < 4.78 is 25.6. The van der Waals surface area contributed by atoms with Crippen molar-refractivity contribution in [3.63, 3.8) is 0 Å². The first-order chi connectivity index (χ1) is 13.2. The normalized spacial score (nSPS) is 11.3. The van der Waals surface area contributed by atoms with Crippen LogP contribution in [0.2, 0.25) is 0 Å². The molecule has 0 saturated heterocycles. The highest BCUT2D eigenvalue weighted by molar-refractivity contribution is 7.89. The van der Waals surface area contributed by atoms with Gasteiger partial charge in [-0.25, -0.2) is 12.7 Å². The Morgan fingerprint density at radius 2 is 1.68 bits per heavy atom. The number of sulfonamides is 1. The number of rotatable bonds is 8. The molecule has 150 valence electrons. The molecule has 2 aromatic rings. The Morgan fingerprint density at radius 3 is 2.32 bits per heavy atom. The van der Waals surface area contributed by atoms with E-state index in [2.05, 4.69) is 10.6 Å². The summed E-state index contributed by atoms with van der Waals surface area (Å²) >= 11 is 0. The molecule has 0 aromatic heterocycles. The summed E-state index contributed by atoms with van der Waals surface area (Å²) in [5.41, 5.74) is 2.08. The van der Waals surface area contributed by atoms with Gasteiger partial charge in [-0.2, -0.15) is 0 Å². The highest BCUT2D eigenvalue weighted by atomic mass is 32.2. The Balaban J connectivity index is 1.90. The lowest BCUT2D eigenvalue weighted by Gasteiger charge is -2.14. The lowest BCUT2D eigenvalue weighted by molar-refractivity contribution is -0.120. The summed E-state index contributed by atoms with van der Waals surface area (Å²) in [6.45, 7) is 1.98. The number of hydrogen-bond donors (Lipinski definition) is 2. The largest absolute Gasteiger partial charge is 0.355 e. The minimum atomic E-state index is -3.58. The lowest BCUT2D eigenvalue weighted by atomic mass is 10.1. The van der Waals surface area contributed by atoms with Crippen LogP contribution in [0.1, 0.15) is 17.5 Å². The van der Waals surface area contributed by atoms with Crippen molar-refractivity contribution in [2.45, 2.75) is 24.7 Å². The molecule has 0 heterocycles. The third-order valence-corrected chi connectivity index (χ3v) is 5.95. The van der Waals surface area contributed by atoms with Gasteiger partial charge in [-0.3, -0.25) is 9.59 Å². The fourth-order valence-corrected chi connectivity index (χ4v) is 3.41. The minimum absolute atomic E-state index is 0.0879. The molecule has 0 atom stereocenters. The molecule has 2 aromatic carbocycles. The summed E-state index contributed by atoms with van der Waals surface area (Å²) in [5.74, 6) is -0.461. The van der Waals surface area contributed by atoms with E-state index in [-0.39, 0.29) is 36.1 Å². The Kier molecular flexibility index (Phi) is 7.31. The summed E-state index contributed by atoms with van der Waals surface area (Å²) in [5, 5.41) is 5.42. The van der Waals surface area contributed by atoms with Crippen LogP contribution in [0.3, 0.4) is 0 Å². The molecule has 0 aliphatic carbocycles. The molecule has 8 heteroatoms. The van der Waals surface area contributed by atoms with Crippen LogP contribution in [0.25, 0.3) is 0 Å². The van der Waals surface area contributed by atoms with Crippen LogP contribution in [0.5, 0.6) is 0 Å². The van der Waals surface area contributed by atoms with E-state index < -0.39 is 10.0 Å². The van der Waals surface area contributed by atoms with E-state index in [1.54, 1.807) is 13.0 Å². The number of carbonyl (C=O) groups is 2. The average molecular weight is 404 g/mol. The summed E-state index contributed by atoms with van der Waals surface area (Å²) in [6.07, 6.45) is 0.344. The van der Waals surface area contributed by atoms with Gasteiger partial charge in [0, 0.05) is 32.7 Å². The number of carbonyl (C=O) groups excluding carboxylic acids is 2. The molecular formula is C20H25N3O4S. The van der Waals surface area contributed by atoms with Gasteiger partial charge in [0.05, 0.1) is 11.3 Å². The van der Waals surface area contributed by atoms with Crippen LogP contribution in [0.4, 0.5) is 5.69 Å². The highest BCUT2D eigenvalue weighted by Crippen LogP contribution is 2.22. The second kappa shape index (κ2) is 9.48.